The van der Waals surface area contributed by atoms with Crippen LogP contribution in [0.5, 0.6) is 5.75 Å². The Labute approximate surface area is 239 Å². The van der Waals surface area contributed by atoms with Gasteiger partial charge in [0.05, 0.1) is 4.47 Å². The molecule has 2 amide bonds. The van der Waals surface area contributed by atoms with Gasteiger partial charge in [0.15, 0.2) is 6.61 Å². The molecule has 3 rings (SSSR count). The van der Waals surface area contributed by atoms with Gasteiger partial charge in [0.1, 0.15) is 11.8 Å². The molecular formula is C31H36BrClN2O3. The predicted octanol–water partition coefficient (Wildman–Crippen LogP) is 7.16. The van der Waals surface area contributed by atoms with Gasteiger partial charge in [0.2, 0.25) is 5.91 Å². The highest BCUT2D eigenvalue weighted by atomic mass is 79.9. The van der Waals surface area contributed by atoms with Gasteiger partial charge in [-0.25, -0.2) is 0 Å². The van der Waals surface area contributed by atoms with Crippen molar-refractivity contribution in [1.29, 1.82) is 0 Å². The van der Waals surface area contributed by atoms with Gasteiger partial charge in [-0.05, 0) is 63.2 Å². The van der Waals surface area contributed by atoms with Crippen molar-refractivity contribution in [1.82, 2.24) is 10.2 Å². The molecule has 0 heterocycles. The van der Waals surface area contributed by atoms with E-state index < -0.39 is 6.04 Å². The van der Waals surface area contributed by atoms with E-state index in [2.05, 4.69) is 42.0 Å². The van der Waals surface area contributed by atoms with Crippen LogP contribution in [0.25, 0.3) is 0 Å². The Morgan fingerprint density at radius 1 is 1.03 bits per heavy atom. The normalized spacial score (nSPS) is 11.7. The number of benzene rings is 3. The van der Waals surface area contributed by atoms with Gasteiger partial charge in [-0.1, -0.05) is 93.4 Å². The van der Waals surface area contributed by atoms with Crippen molar-refractivity contribution in [3.63, 3.8) is 0 Å². The van der Waals surface area contributed by atoms with Crippen LogP contribution in [0.1, 0.15) is 56.2 Å². The predicted molar refractivity (Wildman–Crippen MR) is 158 cm³/mol. The molecule has 0 saturated heterocycles. The van der Waals surface area contributed by atoms with E-state index in [9.17, 15) is 9.59 Å². The number of halogens is 2. The molecule has 0 aromatic heterocycles. The number of rotatable bonds is 13. The highest BCUT2D eigenvalue weighted by Crippen LogP contribution is 2.29. The van der Waals surface area contributed by atoms with Crippen molar-refractivity contribution in [2.24, 2.45) is 0 Å². The summed E-state index contributed by atoms with van der Waals surface area (Å²) in [5.74, 6) is 0.465. The van der Waals surface area contributed by atoms with E-state index in [4.69, 9.17) is 16.3 Å². The Morgan fingerprint density at radius 3 is 2.39 bits per heavy atom. The quantitative estimate of drug-likeness (QED) is 0.212. The van der Waals surface area contributed by atoms with Crippen LogP contribution < -0.4 is 10.1 Å². The minimum Gasteiger partial charge on any atom is -0.483 e. The maximum absolute atomic E-state index is 13.7. The molecule has 0 fully saturated rings. The summed E-state index contributed by atoms with van der Waals surface area (Å²) in [6, 6.07) is 22.3. The summed E-state index contributed by atoms with van der Waals surface area (Å²) >= 11 is 10.0. The number of nitrogens with one attached hydrogen (secondary N) is 1. The molecular weight excluding hydrogens is 564 g/mol. The molecule has 0 bridgehead atoms. The molecule has 0 spiro atoms. The first kappa shape index (κ1) is 29.7. The summed E-state index contributed by atoms with van der Waals surface area (Å²) in [7, 11) is 0. The molecule has 38 heavy (non-hydrogen) atoms. The molecule has 5 nitrogen and oxygen atoms in total. The fourth-order valence-electron chi connectivity index (χ4n) is 4.09. The van der Waals surface area contributed by atoms with E-state index in [0.29, 0.717) is 29.7 Å². The fraction of sp³-hybridized carbons (Fsp3) is 0.355. The van der Waals surface area contributed by atoms with Crippen LogP contribution in [0.3, 0.4) is 0 Å². The van der Waals surface area contributed by atoms with E-state index in [1.54, 1.807) is 11.0 Å². The van der Waals surface area contributed by atoms with Gasteiger partial charge in [0.25, 0.3) is 5.91 Å². The fourth-order valence-corrected chi connectivity index (χ4v) is 4.79. The monoisotopic (exact) mass is 598 g/mol. The zero-order chi connectivity index (χ0) is 27.5. The van der Waals surface area contributed by atoms with Crippen molar-refractivity contribution < 1.29 is 14.3 Å². The molecule has 202 valence electrons. The highest BCUT2D eigenvalue weighted by molar-refractivity contribution is 9.10. The first-order valence-electron chi connectivity index (χ1n) is 13.1. The second kappa shape index (κ2) is 14.9. The van der Waals surface area contributed by atoms with E-state index in [0.717, 1.165) is 28.4 Å². The summed E-state index contributed by atoms with van der Waals surface area (Å²) in [6.45, 7) is 6.85. The lowest BCUT2D eigenvalue weighted by Gasteiger charge is -2.31. The summed E-state index contributed by atoms with van der Waals surface area (Å²) in [5.41, 5.74) is 2.90. The third-order valence-electron chi connectivity index (χ3n) is 6.37. The third-order valence-corrected chi connectivity index (χ3v) is 7.36. The first-order chi connectivity index (χ1) is 18.3. The molecule has 0 saturated carbocycles. The Bertz CT molecular complexity index is 1200. The number of nitrogens with zero attached hydrogens (tertiary/aromatic N) is 1. The first-order valence-corrected chi connectivity index (χ1v) is 14.2. The molecule has 0 aliphatic heterocycles. The van der Waals surface area contributed by atoms with E-state index in [1.807, 2.05) is 66.7 Å². The number of ether oxygens (including phenoxy) is 1. The second-order valence-electron chi connectivity index (χ2n) is 9.60. The summed E-state index contributed by atoms with van der Waals surface area (Å²) in [6.07, 6.45) is 2.21. The third kappa shape index (κ3) is 8.60. The van der Waals surface area contributed by atoms with Gasteiger partial charge >= 0.3 is 0 Å². The smallest absolute Gasteiger partial charge is 0.261 e. The number of carbonyl (C=O) groups is 2. The van der Waals surface area contributed by atoms with Crippen molar-refractivity contribution in [2.45, 2.75) is 58.5 Å². The SMILES string of the molecule is CCCCNC(=O)[C@@H](Cc1ccccc1)N(Cc1ccccc1Cl)C(=O)COc1ccc(C(C)C)cc1Br. The lowest BCUT2D eigenvalue weighted by molar-refractivity contribution is -0.142. The molecule has 0 radical (unpaired) electrons. The van der Waals surface area contributed by atoms with Crippen LogP contribution in [0.4, 0.5) is 0 Å². The van der Waals surface area contributed by atoms with Gasteiger partial charge in [-0.15, -0.1) is 0 Å². The van der Waals surface area contributed by atoms with E-state index in [1.165, 1.54) is 5.56 Å². The average molecular weight is 600 g/mol. The number of amides is 2. The molecule has 3 aromatic rings. The number of hydrogen-bond donors (Lipinski definition) is 1. The van der Waals surface area contributed by atoms with Gasteiger partial charge in [-0.3, -0.25) is 9.59 Å². The van der Waals surface area contributed by atoms with Crippen molar-refractivity contribution in [3.05, 3.63) is 99.0 Å². The van der Waals surface area contributed by atoms with E-state index in [-0.39, 0.29) is 25.0 Å². The number of hydrogen-bond acceptors (Lipinski definition) is 3. The zero-order valence-corrected chi connectivity index (χ0v) is 24.6. The van der Waals surface area contributed by atoms with Gasteiger partial charge < -0.3 is 15.0 Å². The highest BCUT2D eigenvalue weighted by Gasteiger charge is 2.31. The topological polar surface area (TPSA) is 58.6 Å². The molecule has 1 N–H and O–H groups in total. The minimum absolute atomic E-state index is 0.189. The standard InChI is InChI=1S/C31H36BrClN2O3/c1-4-5-17-34-31(37)28(18-23-11-7-6-8-12-23)35(20-25-13-9-10-14-27(25)33)30(36)21-38-29-16-15-24(22(2)3)19-26(29)32/h6-16,19,22,28H,4-5,17-18,20-21H2,1-3H3,(H,34,37)/t28-/m1/s1. The molecule has 0 unspecified atom stereocenters. The summed E-state index contributed by atoms with van der Waals surface area (Å²) in [5, 5.41) is 3.57. The van der Waals surface area contributed by atoms with Crippen LogP contribution in [-0.2, 0) is 22.6 Å². The number of carbonyl (C=O) groups excluding carboxylic acids is 2. The molecule has 0 aliphatic carbocycles. The second-order valence-corrected chi connectivity index (χ2v) is 10.9. The van der Waals surface area contributed by atoms with Crippen LogP contribution >= 0.6 is 27.5 Å². The molecule has 0 aliphatic rings. The average Bonchev–Trinajstić information content (AvgIpc) is 2.91. The Kier molecular flexibility index (Phi) is 11.7. The van der Waals surface area contributed by atoms with E-state index >= 15 is 0 Å². The Hall–Kier alpha value is -2.83. The minimum atomic E-state index is -0.728. The summed E-state index contributed by atoms with van der Waals surface area (Å²) in [4.78, 5) is 28.8. The lowest BCUT2D eigenvalue weighted by atomic mass is 10.0. The lowest BCUT2D eigenvalue weighted by Crippen LogP contribution is -2.51. The summed E-state index contributed by atoms with van der Waals surface area (Å²) < 4.78 is 6.74. The molecule has 3 aromatic carbocycles. The van der Waals surface area contributed by atoms with Crippen molar-refractivity contribution in [3.8, 4) is 5.75 Å². The molecule has 7 heteroatoms. The van der Waals surface area contributed by atoms with Crippen LogP contribution in [-0.4, -0.2) is 35.9 Å². The van der Waals surface area contributed by atoms with Crippen molar-refractivity contribution in [2.75, 3.05) is 13.2 Å². The maximum atomic E-state index is 13.7. The number of unbranched alkanes of at least 4 members (excludes halogenated alkanes) is 1. The largest absolute Gasteiger partial charge is 0.483 e. The maximum Gasteiger partial charge on any atom is 0.261 e. The molecule has 1 atom stereocenters. The van der Waals surface area contributed by atoms with Crippen LogP contribution in [0, 0.1) is 0 Å². The van der Waals surface area contributed by atoms with Crippen molar-refractivity contribution >= 4 is 39.3 Å². The van der Waals surface area contributed by atoms with Gasteiger partial charge in [-0.2, -0.15) is 0 Å². The Balaban J connectivity index is 1.90. The van der Waals surface area contributed by atoms with Crippen LogP contribution in [0.15, 0.2) is 77.3 Å². The Morgan fingerprint density at radius 2 is 1.74 bits per heavy atom. The zero-order valence-electron chi connectivity index (χ0n) is 22.3. The van der Waals surface area contributed by atoms with Gasteiger partial charge in [0, 0.05) is 24.5 Å². The van der Waals surface area contributed by atoms with Crippen LogP contribution in [0.2, 0.25) is 5.02 Å².